The topological polar surface area (TPSA) is 20.3 Å². The molecule has 1 saturated carbocycles. The van der Waals surface area contributed by atoms with Crippen LogP contribution in [0.1, 0.15) is 32.6 Å². The second kappa shape index (κ2) is 3.79. The van der Waals surface area contributed by atoms with Crippen LogP contribution in [0.5, 0.6) is 0 Å². The minimum absolute atomic E-state index is 0.340. The van der Waals surface area contributed by atoms with Crippen LogP contribution in [-0.4, -0.2) is 30.3 Å². The highest BCUT2D eigenvalue weighted by molar-refractivity contribution is 5.78. The minimum Gasteiger partial charge on any atom is -0.302 e. The van der Waals surface area contributed by atoms with Gasteiger partial charge >= 0.3 is 0 Å². The summed E-state index contributed by atoms with van der Waals surface area (Å²) in [4.78, 5) is 13.7. The first kappa shape index (κ1) is 9.20. The lowest BCUT2D eigenvalue weighted by Gasteiger charge is -2.31. The van der Waals surface area contributed by atoms with Crippen LogP contribution < -0.4 is 0 Å². The van der Waals surface area contributed by atoms with Crippen molar-refractivity contribution >= 4 is 5.78 Å². The maximum absolute atomic E-state index is 11.2. The number of carbonyl (C=O) groups is 1. The Balaban J connectivity index is 1.80. The number of Topliss-reactive ketones (excluding diaryl/α,β-unsaturated/α-hetero) is 1. The molecule has 13 heavy (non-hydrogen) atoms. The van der Waals surface area contributed by atoms with Gasteiger partial charge in [-0.15, -0.1) is 0 Å². The Morgan fingerprint density at radius 2 is 2.15 bits per heavy atom. The maximum Gasteiger partial charge on any atom is 0.134 e. The van der Waals surface area contributed by atoms with E-state index in [-0.39, 0.29) is 0 Å². The third-order valence-electron chi connectivity index (χ3n) is 3.29. The number of rotatable bonds is 3. The van der Waals surface area contributed by atoms with Gasteiger partial charge in [-0.05, 0) is 45.1 Å². The molecule has 74 valence electrons. The minimum atomic E-state index is 0.340. The van der Waals surface area contributed by atoms with Crippen molar-refractivity contribution in [3.8, 4) is 0 Å². The summed E-state index contributed by atoms with van der Waals surface area (Å²) >= 11 is 0. The summed E-state index contributed by atoms with van der Waals surface area (Å²) in [5.41, 5.74) is 0. The molecule has 1 unspecified atom stereocenters. The molecule has 0 bridgehead atoms. The second-order valence-electron chi connectivity index (χ2n) is 4.65. The Hall–Kier alpha value is -0.370. The van der Waals surface area contributed by atoms with Crippen LogP contribution in [-0.2, 0) is 4.79 Å². The monoisotopic (exact) mass is 181 g/mol. The van der Waals surface area contributed by atoms with E-state index in [1.54, 1.807) is 6.92 Å². The SMILES string of the molecule is CC(=O)C1CCCN(CC2CC2)C1. The molecule has 0 spiro atoms. The van der Waals surface area contributed by atoms with Crippen LogP contribution in [0.4, 0.5) is 0 Å². The van der Waals surface area contributed by atoms with E-state index in [0.29, 0.717) is 11.7 Å². The third kappa shape index (κ3) is 2.53. The number of hydrogen-bond acceptors (Lipinski definition) is 2. The zero-order valence-corrected chi connectivity index (χ0v) is 8.46. The molecule has 2 rings (SSSR count). The van der Waals surface area contributed by atoms with E-state index in [1.165, 1.54) is 32.4 Å². The standard InChI is InChI=1S/C11H19NO/c1-9(13)11-3-2-6-12(8-11)7-10-4-5-10/h10-11H,2-8H2,1H3. The van der Waals surface area contributed by atoms with Crippen molar-refractivity contribution in [2.75, 3.05) is 19.6 Å². The van der Waals surface area contributed by atoms with Crippen LogP contribution >= 0.6 is 0 Å². The first-order valence-corrected chi connectivity index (χ1v) is 5.48. The third-order valence-corrected chi connectivity index (χ3v) is 3.29. The smallest absolute Gasteiger partial charge is 0.134 e. The molecule has 2 aliphatic rings. The predicted octanol–water partition coefficient (Wildman–Crippen LogP) is 1.70. The Kier molecular flexibility index (Phi) is 2.68. The van der Waals surface area contributed by atoms with Gasteiger partial charge in [0.05, 0.1) is 0 Å². The van der Waals surface area contributed by atoms with Gasteiger partial charge in [0.2, 0.25) is 0 Å². The van der Waals surface area contributed by atoms with Crippen molar-refractivity contribution in [3.05, 3.63) is 0 Å². The van der Waals surface area contributed by atoms with Crippen LogP contribution in [0.3, 0.4) is 0 Å². The molecule has 2 fully saturated rings. The largest absolute Gasteiger partial charge is 0.302 e. The summed E-state index contributed by atoms with van der Waals surface area (Å²) in [6, 6.07) is 0. The van der Waals surface area contributed by atoms with Gasteiger partial charge in [0.25, 0.3) is 0 Å². The van der Waals surface area contributed by atoms with Gasteiger partial charge in [-0.2, -0.15) is 0 Å². The molecule has 0 amide bonds. The molecule has 1 atom stereocenters. The lowest BCUT2D eigenvalue weighted by molar-refractivity contribution is -0.122. The Morgan fingerprint density at radius 1 is 1.38 bits per heavy atom. The molecule has 1 heterocycles. The van der Waals surface area contributed by atoms with Gasteiger partial charge in [-0.3, -0.25) is 4.79 Å². The van der Waals surface area contributed by atoms with Crippen LogP contribution in [0.15, 0.2) is 0 Å². The molecule has 0 radical (unpaired) electrons. The highest BCUT2D eigenvalue weighted by atomic mass is 16.1. The molecule has 2 nitrogen and oxygen atoms in total. The fourth-order valence-electron chi connectivity index (χ4n) is 2.22. The normalized spacial score (nSPS) is 30.4. The van der Waals surface area contributed by atoms with Crippen LogP contribution in [0, 0.1) is 11.8 Å². The summed E-state index contributed by atoms with van der Waals surface area (Å²) in [5, 5.41) is 0. The lowest BCUT2D eigenvalue weighted by atomic mass is 9.94. The van der Waals surface area contributed by atoms with E-state index >= 15 is 0 Å². The summed E-state index contributed by atoms with van der Waals surface area (Å²) in [6.07, 6.45) is 5.18. The summed E-state index contributed by atoms with van der Waals surface area (Å²) < 4.78 is 0. The summed E-state index contributed by atoms with van der Waals surface area (Å²) in [7, 11) is 0. The van der Waals surface area contributed by atoms with Crippen LogP contribution in [0.2, 0.25) is 0 Å². The Morgan fingerprint density at radius 3 is 2.77 bits per heavy atom. The van der Waals surface area contributed by atoms with Crippen molar-refractivity contribution in [2.45, 2.75) is 32.6 Å². The second-order valence-corrected chi connectivity index (χ2v) is 4.65. The average Bonchev–Trinajstić information content (AvgIpc) is 2.89. The highest BCUT2D eigenvalue weighted by Crippen LogP contribution is 2.31. The highest BCUT2D eigenvalue weighted by Gasteiger charge is 2.28. The summed E-state index contributed by atoms with van der Waals surface area (Å²) in [6.45, 7) is 5.25. The van der Waals surface area contributed by atoms with Gasteiger partial charge < -0.3 is 4.90 Å². The van der Waals surface area contributed by atoms with Gasteiger partial charge in [-0.1, -0.05) is 0 Å². The number of piperidine rings is 1. The van der Waals surface area contributed by atoms with Crippen molar-refractivity contribution in [1.29, 1.82) is 0 Å². The first-order chi connectivity index (χ1) is 6.25. The van der Waals surface area contributed by atoms with Gasteiger partial charge in [0.1, 0.15) is 5.78 Å². The number of likely N-dealkylation sites (tertiary alicyclic amines) is 1. The molecular formula is C11H19NO. The molecule has 0 aromatic heterocycles. The Bertz CT molecular complexity index is 198. The van der Waals surface area contributed by atoms with Gasteiger partial charge in [0.15, 0.2) is 0 Å². The molecule has 0 N–H and O–H groups in total. The maximum atomic E-state index is 11.2. The first-order valence-electron chi connectivity index (χ1n) is 5.48. The average molecular weight is 181 g/mol. The molecular weight excluding hydrogens is 162 g/mol. The zero-order chi connectivity index (χ0) is 9.26. The van der Waals surface area contributed by atoms with Crippen molar-refractivity contribution in [3.63, 3.8) is 0 Å². The van der Waals surface area contributed by atoms with Gasteiger partial charge in [-0.25, -0.2) is 0 Å². The number of ketones is 1. The van der Waals surface area contributed by atoms with Crippen molar-refractivity contribution < 1.29 is 4.79 Å². The molecule has 2 heteroatoms. The summed E-state index contributed by atoms with van der Waals surface area (Å²) in [5.74, 6) is 1.69. The predicted molar refractivity (Wildman–Crippen MR) is 52.6 cm³/mol. The van der Waals surface area contributed by atoms with Crippen molar-refractivity contribution in [1.82, 2.24) is 4.90 Å². The molecule has 0 aromatic rings. The Labute approximate surface area is 80.3 Å². The molecule has 1 aliphatic carbocycles. The van der Waals surface area contributed by atoms with E-state index in [2.05, 4.69) is 4.90 Å². The van der Waals surface area contributed by atoms with Crippen molar-refractivity contribution in [2.24, 2.45) is 11.8 Å². The van der Waals surface area contributed by atoms with E-state index < -0.39 is 0 Å². The molecule has 0 aromatic carbocycles. The van der Waals surface area contributed by atoms with E-state index in [0.717, 1.165) is 18.9 Å². The number of hydrogen-bond donors (Lipinski definition) is 0. The van der Waals surface area contributed by atoms with Gasteiger partial charge in [0, 0.05) is 19.0 Å². The van der Waals surface area contributed by atoms with E-state index in [9.17, 15) is 4.79 Å². The lowest BCUT2D eigenvalue weighted by Crippen LogP contribution is -2.39. The number of nitrogens with zero attached hydrogens (tertiary/aromatic N) is 1. The van der Waals surface area contributed by atoms with E-state index in [4.69, 9.17) is 0 Å². The fraction of sp³-hybridized carbons (Fsp3) is 0.909. The zero-order valence-electron chi connectivity index (χ0n) is 8.46. The van der Waals surface area contributed by atoms with Crippen LogP contribution in [0.25, 0.3) is 0 Å². The quantitative estimate of drug-likeness (QED) is 0.660. The fourth-order valence-corrected chi connectivity index (χ4v) is 2.22. The molecule has 1 aliphatic heterocycles. The number of carbonyl (C=O) groups excluding carboxylic acids is 1. The van der Waals surface area contributed by atoms with E-state index in [1.807, 2.05) is 0 Å². The molecule has 1 saturated heterocycles.